The highest BCUT2D eigenvalue weighted by molar-refractivity contribution is 6.02. The average molecular weight is 517 g/mol. The van der Waals surface area contributed by atoms with E-state index in [1.165, 1.54) is 24.8 Å². The number of carbonyl (C=O) groups excluding carboxylic acids is 1. The summed E-state index contributed by atoms with van der Waals surface area (Å²) in [4.78, 5) is 13.1. The van der Waals surface area contributed by atoms with Crippen molar-refractivity contribution in [2.24, 2.45) is 28.6 Å². The first kappa shape index (κ1) is 27.3. The fourth-order valence-corrected chi connectivity index (χ4v) is 7.88. The normalized spacial score (nSPS) is 36.4. The molecule has 0 aromatic heterocycles. The first-order chi connectivity index (χ1) is 18.2. The van der Waals surface area contributed by atoms with Gasteiger partial charge in [0.2, 0.25) is 0 Å². The van der Waals surface area contributed by atoms with E-state index < -0.39 is 23.7 Å². The number of Topliss-reactive ketones (excluding diaryl/α,β-unsaturated/α-hetero) is 1. The highest BCUT2D eigenvalue weighted by Gasteiger charge is 2.55. The Balaban J connectivity index is 1.28. The Hall–Kier alpha value is -2.27. The van der Waals surface area contributed by atoms with Crippen LogP contribution in [0.3, 0.4) is 0 Å². The highest BCUT2D eigenvalue weighted by Crippen LogP contribution is 2.60. The number of hydrogen-bond donors (Lipinski definition) is 3. The third-order valence-electron chi connectivity index (χ3n) is 10.4. The zero-order chi connectivity index (χ0) is 27.1. The Morgan fingerprint density at radius 2 is 1.82 bits per heavy atom. The van der Waals surface area contributed by atoms with Gasteiger partial charge in [0.15, 0.2) is 5.78 Å². The van der Waals surface area contributed by atoms with E-state index in [0.29, 0.717) is 36.2 Å². The van der Waals surface area contributed by atoms with Crippen LogP contribution < -0.4 is 0 Å². The van der Waals surface area contributed by atoms with Gasteiger partial charge in [0.1, 0.15) is 0 Å². The van der Waals surface area contributed by atoms with Crippen LogP contribution in [-0.2, 0) is 0 Å². The van der Waals surface area contributed by atoms with Gasteiger partial charge in [-0.2, -0.15) is 0 Å². The molecule has 0 bridgehead atoms. The quantitative estimate of drug-likeness (QED) is 0.292. The molecule has 1 aromatic rings. The summed E-state index contributed by atoms with van der Waals surface area (Å²) in [6.07, 6.45) is 14.7. The molecule has 4 saturated carbocycles. The fourth-order valence-electron chi connectivity index (χ4n) is 7.88. The minimum absolute atomic E-state index is 0.0626. The van der Waals surface area contributed by atoms with Crippen molar-refractivity contribution in [1.29, 1.82) is 0 Å². The summed E-state index contributed by atoms with van der Waals surface area (Å²) >= 11 is 0. The predicted molar refractivity (Wildman–Crippen MR) is 151 cm³/mol. The molecule has 0 unspecified atom stereocenters. The second-order valence-corrected chi connectivity index (χ2v) is 12.7. The van der Waals surface area contributed by atoms with E-state index in [-0.39, 0.29) is 11.2 Å². The van der Waals surface area contributed by atoms with Crippen molar-refractivity contribution in [3.05, 3.63) is 83.5 Å². The molecule has 7 atom stereocenters. The first-order valence-corrected chi connectivity index (χ1v) is 14.6. The number of hydrogen-bond acceptors (Lipinski definition) is 4. The monoisotopic (exact) mass is 516 g/mol. The van der Waals surface area contributed by atoms with E-state index in [1.807, 2.05) is 36.4 Å². The van der Waals surface area contributed by atoms with Crippen LogP contribution in [0.25, 0.3) is 0 Å². The zero-order valence-electron chi connectivity index (χ0n) is 23.0. The molecule has 3 N–H and O–H groups in total. The number of benzene rings is 1. The molecule has 4 aliphatic rings. The summed E-state index contributed by atoms with van der Waals surface area (Å²) in [6, 6.07) is 9.37. The molecular weight excluding hydrogens is 472 g/mol. The van der Waals surface area contributed by atoms with Crippen LogP contribution in [0, 0.1) is 28.6 Å². The van der Waals surface area contributed by atoms with E-state index in [4.69, 9.17) is 0 Å². The lowest BCUT2D eigenvalue weighted by Gasteiger charge is -2.44. The summed E-state index contributed by atoms with van der Waals surface area (Å²) in [5.74, 6) is 1.44. The lowest BCUT2D eigenvalue weighted by atomic mass is 9.61. The molecule has 0 aliphatic heterocycles. The van der Waals surface area contributed by atoms with Crippen molar-refractivity contribution in [2.75, 3.05) is 0 Å². The second kappa shape index (κ2) is 10.7. The van der Waals surface area contributed by atoms with Gasteiger partial charge in [-0.3, -0.25) is 4.79 Å². The van der Waals surface area contributed by atoms with Gasteiger partial charge in [0.25, 0.3) is 0 Å². The Morgan fingerprint density at radius 3 is 2.53 bits per heavy atom. The Morgan fingerprint density at radius 1 is 1.08 bits per heavy atom. The number of aliphatic hydroxyl groups is 3. The molecular formula is C34H44O4. The van der Waals surface area contributed by atoms with E-state index in [2.05, 4.69) is 38.7 Å². The van der Waals surface area contributed by atoms with Gasteiger partial charge >= 0.3 is 0 Å². The van der Waals surface area contributed by atoms with Gasteiger partial charge in [-0.05, 0) is 85.7 Å². The molecule has 0 amide bonds. The maximum atomic E-state index is 13.1. The molecule has 0 heterocycles. The van der Waals surface area contributed by atoms with Crippen LogP contribution in [0.5, 0.6) is 0 Å². The lowest BCUT2D eigenvalue weighted by molar-refractivity contribution is 0.0725. The van der Waals surface area contributed by atoms with E-state index in [1.54, 1.807) is 0 Å². The third-order valence-corrected chi connectivity index (χ3v) is 10.4. The van der Waals surface area contributed by atoms with Crippen molar-refractivity contribution < 1.29 is 20.1 Å². The van der Waals surface area contributed by atoms with Crippen molar-refractivity contribution in [3.63, 3.8) is 0 Å². The molecule has 4 nitrogen and oxygen atoms in total. The number of fused-ring (bicyclic) bond motifs is 1. The molecule has 38 heavy (non-hydrogen) atoms. The molecule has 204 valence electrons. The summed E-state index contributed by atoms with van der Waals surface area (Å²) in [5.41, 5.74) is 3.43. The van der Waals surface area contributed by atoms with Crippen molar-refractivity contribution in [1.82, 2.24) is 0 Å². The van der Waals surface area contributed by atoms with Crippen LogP contribution >= 0.6 is 0 Å². The summed E-state index contributed by atoms with van der Waals surface area (Å²) < 4.78 is 0. The average Bonchev–Trinajstić information content (AvgIpc) is 3.64. The lowest BCUT2D eigenvalue weighted by Crippen LogP contribution is -2.35. The molecule has 0 spiro atoms. The zero-order valence-corrected chi connectivity index (χ0v) is 23.0. The number of carbonyl (C=O) groups is 1. The van der Waals surface area contributed by atoms with E-state index in [0.717, 1.165) is 36.8 Å². The molecule has 4 fully saturated rings. The van der Waals surface area contributed by atoms with Crippen LogP contribution in [0.4, 0.5) is 0 Å². The SMILES string of the molecule is C=C1C(=CC=C2CCC[C@]3(C)[C@@H]([C@H](C)C=C[C@H](O)C4(C(=O)c5ccccc5)CC4)CC[C@@H]23)C[C@@H](O)C[C@@H]1O. The summed E-state index contributed by atoms with van der Waals surface area (Å²) in [7, 11) is 0. The van der Waals surface area contributed by atoms with Crippen molar-refractivity contribution >= 4 is 5.78 Å². The Kier molecular flexibility index (Phi) is 7.70. The van der Waals surface area contributed by atoms with Gasteiger partial charge in [-0.15, -0.1) is 0 Å². The van der Waals surface area contributed by atoms with Crippen molar-refractivity contribution in [3.8, 4) is 0 Å². The Bertz CT molecular complexity index is 1140. The van der Waals surface area contributed by atoms with Gasteiger partial charge in [0, 0.05) is 12.0 Å². The molecule has 0 radical (unpaired) electrons. The number of rotatable bonds is 7. The van der Waals surface area contributed by atoms with E-state index in [9.17, 15) is 20.1 Å². The van der Waals surface area contributed by atoms with Gasteiger partial charge in [-0.1, -0.05) is 80.6 Å². The smallest absolute Gasteiger partial charge is 0.171 e. The number of ketones is 1. The van der Waals surface area contributed by atoms with Gasteiger partial charge in [-0.25, -0.2) is 0 Å². The highest BCUT2D eigenvalue weighted by atomic mass is 16.3. The second-order valence-electron chi connectivity index (χ2n) is 12.7. The van der Waals surface area contributed by atoms with Crippen molar-refractivity contribution in [2.45, 2.75) is 89.9 Å². The molecule has 4 heteroatoms. The van der Waals surface area contributed by atoms with Crippen LogP contribution in [-0.4, -0.2) is 39.4 Å². The largest absolute Gasteiger partial charge is 0.393 e. The molecule has 0 saturated heterocycles. The van der Waals surface area contributed by atoms with Crippen LogP contribution in [0.2, 0.25) is 0 Å². The summed E-state index contributed by atoms with van der Waals surface area (Å²) in [6.45, 7) is 8.79. The minimum Gasteiger partial charge on any atom is -0.393 e. The Labute approximate surface area is 227 Å². The maximum absolute atomic E-state index is 13.1. The van der Waals surface area contributed by atoms with Crippen LogP contribution in [0.15, 0.2) is 77.9 Å². The van der Waals surface area contributed by atoms with Gasteiger partial charge < -0.3 is 15.3 Å². The maximum Gasteiger partial charge on any atom is 0.171 e. The number of aliphatic hydroxyl groups excluding tert-OH is 3. The predicted octanol–water partition coefficient (Wildman–Crippen LogP) is 6.34. The van der Waals surface area contributed by atoms with Gasteiger partial charge in [0.05, 0.1) is 23.7 Å². The topological polar surface area (TPSA) is 77.8 Å². The standard InChI is InChI=1S/C34H44O4/c1-22(11-16-31(37)34(18-19-34)32(38)25-8-5-4-6-9-25)28-14-15-29-24(10-7-17-33(28,29)3)12-13-26-20-27(35)21-30(36)23(26)2/h4-6,8-9,11-13,16,22,27-31,35-37H,2,7,10,14-15,17-21H2,1,3H3/t22-,27-,28-,29+,30+,31+,33-/m1/s1. The molecule has 1 aromatic carbocycles. The summed E-state index contributed by atoms with van der Waals surface area (Å²) in [5, 5.41) is 31.4. The molecule has 4 aliphatic carbocycles. The van der Waals surface area contributed by atoms with Crippen LogP contribution in [0.1, 0.15) is 82.0 Å². The minimum atomic E-state index is -0.745. The fraction of sp³-hybridized carbons (Fsp3) is 0.559. The first-order valence-electron chi connectivity index (χ1n) is 14.6. The van der Waals surface area contributed by atoms with E-state index >= 15 is 0 Å². The number of allylic oxidation sites excluding steroid dienone is 4. The molecule has 5 rings (SSSR count). The third kappa shape index (κ3) is 5.03.